The van der Waals surface area contributed by atoms with Gasteiger partial charge in [0.25, 0.3) is 0 Å². The molecule has 0 aromatic carbocycles. The second-order valence-electron chi connectivity index (χ2n) is 11.0. The van der Waals surface area contributed by atoms with Gasteiger partial charge >= 0.3 is 0 Å². The third kappa shape index (κ3) is 27.9. The average molecular weight is 475 g/mol. The van der Waals surface area contributed by atoms with Crippen LogP contribution < -0.4 is 0 Å². The van der Waals surface area contributed by atoms with E-state index in [4.69, 9.17) is 14.2 Å². The van der Waals surface area contributed by atoms with Crippen LogP contribution in [0.5, 0.6) is 0 Å². The third-order valence-corrected chi connectivity index (χ3v) is 6.06. The van der Waals surface area contributed by atoms with Crippen LogP contribution in [-0.4, -0.2) is 76.1 Å². The second kappa shape index (κ2) is 22.3. The molecule has 1 atom stereocenters. The van der Waals surface area contributed by atoms with Crippen molar-refractivity contribution >= 4 is 0 Å². The van der Waals surface area contributed by atoms with Crippen LogP contribution in [-0.2, 0) is 14.2 Å². The van der Waals surface area contributed by atoms with Crippen molar-refractivity contribution in [1.82, 2.24) is 0 Å². The Morgan fingerprint density at radius 1 is 0.576 bits per heavy atom. The van der Waals surface area contributed by atoms with E-state index < -0.39 is 5.79 Å². The summed E-state index contributed by atoms with van der Waals surface area (Å²) in [4.78, 5) is 0. The van der Waals surface area contributed by atoms with Gasteiger partial charge in [-0.25, -0.2) is 0 Å². The van der Waals surface area contributed by atoms with Crippen LogP contribution in [0.25, 0.3) is 0 Å². The van der Waals surface area contributed by atoms with E-state index in [0.29, 0.717) is 26.4 Å². The molecule has 200 valence electrons. The van der Waals surface area contributed by atoms with Crippen molar-refractivity contribution in [1.29, 1.82) is 0 Å². The Labute approximate surface area is 207 Å². The predicted molar refractivity (Wildman–Crippen MR) is 141 cm³/mol. The average Bonchev–Trinajstić information content (AvgIpc) is 2.74. The van der Waals surface area contributed by atoms with Gasteiger partial charge in [0.1, 0.15) is 13.2 Å². The van der Waals surface area contributed by atoms with Crippen molar-refractivity contribution in [2.45, 2.75) is 122 Å². The molecule has 33 heavy (non-hydrogen) atoms. The first-order valence-corrected chi connectivity index (χ1v) is 14.1. The lowest BCUT2D eigenvalue weighted by molar-refractivity contribution is -0.870. The number of quaternary nitrogens is 1. The van der Waals surface area contributed by atoms with Gasteiger partial charge in [-0.1, -0.05) is 103 Å². The number of hydrogen-bond donors (Lipinski definition) is 1. The summed E-state index contributed by atoms with van der Waals surface area (Å²) in [5, 5.41) is 10.2. The van der Waals surface area contributed by atoms with Gasteiger partial charge in [0.2, 0.25) is 0 Å². The fourth-order valence-corrected chi connectivity index (χ4v) is 3.82. The van der Waals surface area contributed by atoms with Gasteiger partial charge in [0.05, 0.1) is 41.0 Å². The second-order valence-corrected chi connectivity index (χ2v) is 11.0. The van der Waals surface area contributed by atoms with Gasteiger partial charge < -0.3 is 23.8 Å². The monoisotopic (exact) mass is 474 g/mol. The Hall–Kier alpha value is -0.200. The van der Waals surface area contributed by atoms with Crippen LogP contribution >= 0.6 is 0 Å². The van der Waals surface area contributed by atoms with E-state index in [1.165, 1.54) is 96.3 Å². The van der Waals surface area contributed by atoms with Crippen LogP contribution in [0.1, 0.15) is 117 Å². The van der Waals surface area contributed by atoms with E-state index in [0.717, 1.165) is 17.4 Å². The molecule has 0 heterocycles. The summed E-state index contributed by atoms with van der Waals surface area (Å²) < 4.78 is 17.6. The van der Waals surface area contributed by atoms with Gasteiger partial charge in [-0.3, -0.25) is 0 Å². The molecule has 0 aliphatic heterocycles. The molecule has 1 N–H and O–H groups in total. The zero-order chi connectivity index (χ0) is 24.7. The number of unbranched alkanes of at least 4 members (excludes halogenated alkanes) is 15. The molecule has 0 aliphatic carbocycles. The fraction of sp³-hybridized carbons (Fsp3) is 1.00. The highest BCUT2D eigenvalue weighted by atomic mass is 16.7. The normalized spacial score (nSPS) is 14.0. The number of ether oxygens (including phenoxy) is 3. The molecule has 0 aromatic rings. The number of nitrogens with zero attached hydrogens (tertiary/aromatic N) is 1. The molecule has 0 aliphatic rings. The minimum absolute atomic E-state index is 0.213. The molecule has 5 heteroatoms. The highest BCUT2D eigenvalue weighted by molar-refractivity contribution is 4.58. The lowest BCUT2D eigenvalue weighted by Crippen LogP contribution is -2.38. The number of hydrogen-bond acceptors (Lipinski definition) is 4. The van der Waals surface area contributed by atoms with E-state index in [9.17, 15) is 5.11 Å². The Balaban J connectivity index is 3.28. The lowest BCUT2D eigenvalue weighted by atomic mass is 10.0. The van der Waals surface area contributed by atoms with Gasteiger partial charge in [-0.2, -0.15) is 0 Å². The summed E-state index contributed by atoms with van der Waals surface area (Å²) in [5.41, 5.74) is 0. The molecule has 0 saturated carbocycles. The van der Waals surface area contributed by atoms with Crippen molar-refractivity contribution in [2.24, 2.45) is 0 Å². The Bertz CT molecular complexity index is 396. The first-order valence-electron chi connectivity index (χ1n) is 14.1. The van der Waals surface area contributed by atoms with Gasteiger partial charge in [-0.15, -0.1) is 0 Å². The summed E-state index contributed by atoms with van der Waals surface area (Å²) in [6.07, 6.45) is 21.9. The topological polar surface area (TPSA) is 47.9 Å². The number of aliphatic hydroxyl groups is 1. The van der Waals surface area contributed by atoms with Crippen LogP contribution in [0.4, 0.5) is 0 Å². The van der Waals surface area contributed by atoms with Gasteiger partial charge in [0.15, 0.2) is 5.79 Å². The van der Waals surface area contributed by atoms with Crippen molar-refractivity contribution in [3.63, 3.8) is 0 Å². The molecule has 0 aromatic heterocycles. The van der Waals surface area contributed by atoms with Crippen molar-refractivity contribution in [2.75, 3.05) is 60.7 Å². The van der Waals surface area contributed by atoms with Crippen LogP contribution in [0.15, 0.2) is 0 Å². The van der Waals surface area contributed by atoms with Crippen LogP contribution in [0.3, 0.4) is 0 Å². The number of likely N-dealkylation sites (N-methyl/N-ethyl adjacent to an activating group) is 1. The molecular formula is C28H60NO4+. The van der Waals surface area contributed by atoms with E-state index in [1.54, 1.807) is 6.92 Å². The lowest BCUT2D eigenvalue weighted by Gasteiger charge is -2.25. The molecule has 0 spiro atoms. The largest absolute Gasteiger partial charge is 0.376 e. The highest BCUT2D eigenvalue weighted by Crippen LogP contribution is 2.14. The summed E-state index contributed by atoms with van der Waals surface area (Å²) in [7, 11) is 6.42. The smallest absolute Gasteiger partial charge is 0.186 e. The van der Waals surface area contributed by atoms with E-state index >= 15 is 0 Å². The summed E-state index contributed by atoms with van der Waals surface area (Å²) in [6, 6.07) is 0. The SMILES string of the molecule is CCCCCCCCCCCCCCCCCCOCC(C)(O)OCCOCC[N+](C)(C)C. The first kappa shape index (κ1) is 32.8. The Kier molecular flexibility index (Phi) is 22.1. The minimum atomic E-state index is -1.24. The molecule has 0 bridgehead atoms. The maximum Gasteiger partial charge on any atom is 0.186 e. The zero-order valence-electron chi connectivity index (χ0n) is 23.2. The molecule has 0 fully saturated rings. The zero-order valence-corrected chi connectivity index (χ0v) is 23.2. The molecule has 0 amide bonds. The van der Waals surface area contributed by atoms with E-state index in [-0.39, 0.29) is 6.61 Å². The maximum absolute atomic E-state index is 10.2. The molecule has 0 radical (unpaired) electrons. The fourth-order valence-electron chi connectivity index (χ4n) is 3.82. The summed E-state index contributed by atoms with van der Waals surface area (Å²) in [5.74, 6) is -1.24. The van der Waals surface area contributed by atoms with Gasteiger partial charge in [-0.05, 0) is 13.3 Å². The van der Waals surface area contributed by atoms with Crippen molar-refractivity contribution in [3.8, 4) is 0 Å². The highest BCUT2D eigenvalue weighted by Gasteiger charge is 2.21. The Morgan fingerprint density at radius 3 is 1.48 bits per heavy atom. The van der Waals surface area contributed by atoms with Crippen LogP contribution in [0.2, 0.25) is 0 Å². The third-order valence-electron chi connectivity index (χ3n) is 6.06. The quantitative estimate of drug-likeness (QED) is 0.0859. The summed E-state index contributed by atoms with van der Waals surface area (Å²) in [6.45, 7) is 7.38. The Morgan fingerprint density at radius 2 is 1.03 bits per heavy atom. The first-order chi connectivity index (χ1) is 15.8. The number of rotatable bonds is 26. The molecule has 0 rings (SSSR count). The van der Waals surface area contributed by atoms with Crippen molar-refractivity contribution < 1.29 is 23.8 Å². The van der Waals surface area contributed by atoms with Crippen LogP contribution in [0, 0.1) is 0 Å². The molecule has 1 unspecified atom stereocenters. The van der Waals surface area contributed by atoms with E-state index in [1.807, 2.05) is 0 Å². The predicted octanol–water partition coefficient (Wildman–Crippen LogP) is 6.71. The molecule has 5 nitrogen and oxygen atoms in total. The maximum atomic E-state index is 10.2. The molecule has 0 saturated heterocycles. The standard InChI is InChI=1S/C28H60NO4/c1-6-7-8-9-10-11-12-13-14-15-16-17-18-19-20-21-23-32-27-28(2,30)33-26-25-31-24-22-29(3,4)5/h30H,6-27H2,1-5H3/q+1. The minimum Gasteiger partial charge on any atom is -0.376 e. The van der Waals surface area contributed by atoms with E-state index in [2.05, 4.69) is 28.1 Å². The molecular weight excluding hydrogens is 414 g/mol. The van der Waals surface area contributed by atoms with Crippen molar-refractivity contribution in [3.05, 3.63) is 0 Å². The summed E-state index contributed by atoms with van der Waals surface area (Å²) >= 11 is 0. The van der Waals surface area contributed by atoms with Gasteiger partial charge in [0, 0.05) is 6.61 Å².